The van der Waals surface area contributed by atoms with Crippen LogP contribution in [-0.4, -0.2) is 4.57 Å². The molecule has 0 atom stereocenters. The summed E-state index contributed by atoms with van der Waals surface area (Å²) in [4.78, 5) is 0. The Morgan fingerprint density at radius 3 is 1.92 bits per heavy atom. The standard InChI is InChI=1S/C36H21NOS/c1-4-12-30-24(8-1)25-9-2-5-13-31(25)37(30)32-14-7-11-28-26-18-16-23(21-33(26)38-36(28)32)22-17-19-35-29(20-22)27-10-3-6-15-34(27)39-35/h1-21H. The molecule has 3 heteroatoms. The molecule has 0 spiro atoms. The van der Waals surface area contributed by atoms with Crippen LogP contribution >= 0.6 is 11.3 Å². The Balaban J connectivity index is 1.27. The van der Waals surface area contributed by atoms with Gasteiger partial charge in [-0.05, 0) is 59.7 Å². The third-order valence-electron chi connectivity index (χ3n) is 8.01. The van der Waals surface area contributed by atoms with Crippen LogP contribution in [0, 0.1) is 0 Å². The smallest absolute Gasteiger partial charge is 0.159 e. The average Bonchev–Trinajstić information content (AvgIpc) is 3.66. The van der Waals surface area contributed by atoms with Crippen molar-refractivity contribution < 1.29 is 4.42 Å². The summed E-state index contributed by atoms with van der Waals surface area (Å²) >= 11 is 1.85. The second kappa shape index (κ2) is 7.83. The number of nitrogens with zero attached hydrogens (tertiary/aromatic N) is 1. The van der Waals surface area contributed by atoms with Crippen molar-refractivity contribution in [3.8, 4) is 16.8 Å². The molecule has 0 aliphatic rings. The van der Waals surface area contributed by atoms with Crippen LogP contribution in [0.15, 0.2) is 132 Å². The van der Waals surface area contributed by atoms with Gasteiger partial charge in [0.1, 0.15) is 5.58 Å². The van der Waals surface area contributed by atoms with Gasteiger partial charge >= 0.3 is 0 Å². The fourth-order valence-corrected chi connectivity index (χ4v) is 7.31. The van der Waals surface area contributed by atoms with Crippen molar-refractivity contribution in [2.24, 2.45) is 0 Å². The molecule has 0 saturated carbocycles. The third kappa shape index (κ3) is 2.96. The van der Waals surface area contributed by atoms with Crippen molar-refractivity contribution >= 4 is 75.3 Å². The van der Waals surface area contributed by atoms with E-state index in [1.165, 1.54) is 47.5 Å². The van der Waals surface area contributed by atoms with E-state index in [2.05, 4.69) is 132 Å². The number of thiophene rings is 1. The average molecular weight is 516 g/mol. The highest BCUT2D eigenvalue weighted by Crippen LogP contribution is 2.40. The molecule has 6 aromatic carbocycles. The van der Waals surface area contributed by atoms with Crippen LogP contribution in [0.25, 0.3) is 80.7 Å². The molecule has 2 nitrogen and oxygen atoms in total. The molecular weight excluding hydrogens is 494 g/mol. The second-order valence-corrected chi connectivity index (χ2v) is 11.2. The maximum atomic E-state index is 6.69. The number of aromatic nitrogens is 1. The number of furan rings is 1. The van der Waals surface area contributed by atoms with E-state index in [9.17, 15) is 0 Å². The molecule has 0 amide bonds. The van der Waals surface area contributed by atoms with Gasteiger partial charge in [0.2, 0.25) is 0 Å². The molecule has 0 radical (unpaired) electrons. The van der Waals surface area contributed by atoms with E-state index in [1.807, 2.05) is 11.3 Å². The summed E-state index contributed by atoms with van der Waals surface area (Å²) in [5.41, 5.74) is 7.62. The van der Waals surface area contributed by atoms with Crippen molar-refractivity contribution in [2.75, 3.05) is 0 Å². The van der Waals surface area contributed by atoms with Crippen molar-refractivity contribution in [1.29, 1.82) is 0 Å². The van der Waals surface area contributed by atoms with Crippen LogP contribution in [0.3, 0.4) is 0 Å². The first-order chi connectivity index (χ1) is 19.3. The van der Waals surface area contributed by atoms with Gasteiger partial charge in [-0.3, -0.25) is 0 Å². The number of hydrogen-bond donors (Lipinski definition) is 0. The lowest BCUT2D eigenvalue weighted by Crippen LogP contribution is -1.93. The monoisotopic (exact) mass is 515 g/mol. The molecule has 0 bridgehead atoms. The zero-order valence-electron chi connectivity index (χ0n) is 20.9. The minimum absolute atomic E-state index is 0.908. The summed E-state index contributed by atoms with van der Waals surface area (Å²) in [6.45, 7) is 0. The third-order valence-corrected chi connectivity index (χ3v) is 9.16. The second-order valence-electron chi connectivity index (χ2n) is 10.1. The maximum Gasteiger partial charge on any atom is 0.159 e. The van der Waals surface area contributed by atoms with E-state index in [-0.39, 0.29) is 0 Å². The van der Waals surface area contributed by atoms with Crippen molar-refractivity contribution in [2.45, 2.75) is 0 Å². The Bertz CT molecular complexity index is 2350. The highest BCUT2D eigenvalue weighted by Gasteiger charge is 2.17. The fourth-order valence-electron chi connectivity index (χ4n) is 6.23. The normalized spacial score (nSPS) is 12.1. The SMILES string of the molecule is c1ccc2c(c1)sc1ccc(-c3ccc4c(c3)oc3c(-n5c6ccccc6c6ccccc65)cccc34)cc12. The van der Waals surface area contributed by atoms with Crippen LogP contribution in [0.5, 0.6) is 0 Å². The molecule has 3 aromatic heterocycles. The number of hydrogen-bond acceptors (Lipinski definition) is 2. The molecule has 0 aliphatic carbocycles. The topological polar surface area (TPSA) is 18.1 Å². The van der Waals surface area contributed by atoms with E-state index in [0.29, 0.717) is 0 Å². The Labute approximate surface area is 227 Å². The summed E-state index contributed by atoms with van der Waals surface area (Å²) in [7, 11) is 0. The summed E-state index contributed by atoms with van der Waals surface area (Å²) in [5, 5.41) is 7.40. The first-order valence-corrected chi connectivity index (χ1v) is 14.0. The van der Waals surface area contributed by atoms with Gasteiger partial charge in [0, 0.05) is 41.7 Å². The Morgan fingerprint density at radius 1 is 0.462 bits per heavy atom. The lowest BCUT2D eigenvalue weighted by Gasteiger charge is -2.08. The van der Waals surface area contributed by atoms with Gasteiger partial charge in [0.15, 0.2) is 5.58 Å². The first-order valence-electron chi connectivity index (χ1n) is 13.2. The fraction of sp³-hybridized carbons (Fsp3) is 0. The predicted molar refractivity (Wildman–Crippen MR) is 166 cm³/mol. The molecular formula is C36H21NOS. The molecule has 0 unspecified atom stereocenters. The minimum atomic E-state index is 0.908. The molecule has 0 fully saturated rings. The van der Waals surface area contributed by atoms with Gasteiger partial charge in [0.25, 0.3) is 0 Å². The van der Waals surface area contributed by atoms with Crippen molar-refractivity contribution in [1.82, 2.24) is 4.57 Å². The molecule has 9 aromatic rings. The number of benzene rings is 6. The van der Waals surface area contributed by atoms with E-state index in [4.69, 9.17) is 4.42 Å². The summed E-state index contributed by atoms with van der Waals surface area (Å²) in [6.07, 6.45) is 0. The summed E-state index contributed by atoms with van der Waals surface area (Å²) in [5.74, 6) is 0. The number of para-hydroxylation sites is 3. The lowest BCUT2D eigenvalue weighted by molar-refractivity contribution is 0.666. The van der Waals surface area contributed by atoms with Gasteiger partial charge < -0.3 is 8.98 Å². The lowest BCUT2D eigenvalue weighted by atomic mass is 10.0. The number of fused-ring (bicyclic) bond motifs is 9. The largest absolute Gasteiger partial charge is 0.454 e. The summed E-state index contributed by atoms with van der Waals surface area (Å²) < 4.78 is 11.7. The quantitative estimate of drug-likeness (QED) is 0.224. The predicted octanol–water partition coefficient (Wildman–Crippen LogP) is 10.7. The van der Waals surface area contributed by atoms with Crippen molar-refractivity contribution in [3.63, 3.8) is 0 Å². The zero-order valence-corrected chi connectivity index (χ0v) is 21.7. The van der Waals surface area contributed by atoms with Crippen LogP contribution in [0.4, 0.5) is 0 Å². The highest BCUT2D eigenvalue weighted by atomic mass is 32.1. The molecule has 182 valence electrons. The number of rotatable bonds is 2. The Hall–Kier alpha value is -4.86. The summed E-state index contributed by atoms with van der Waals surface area (Å²) in [6, 6.07) is 45.8. The van der Waals surface area contributed by atoms with Crippen LogP contribution in [0.2, 0.25) is 0 Å². The van der Waals surface area contributed by atoms with Gasteiger partial charge in [-0.1, -0.05) is 78.9 Å². The molecule has 0 N–H and O–H groups in total. The molecule has 39 heavy (non-hydrogen) atoms. The molecule has 9 rings (SSSR count). The van der Waals surface area contributed by atoms with E-state index in [1.54, 1.807) is 0 Å². The van der Waals surface area contributed by atoms with Crippen LogP contribution in [-0.2, 0) is 0 Å². The Kier molecular flexibility index (Phi) is 4.24. The van der Waals surface area contributed by atoms with Crippen LogP contribution < -0.4 is 0 Å². The molecule has 3 heterocycles. The molecule has 0 saturated heterocycles. The maximum absolute atomic E-state index is 6.69. The van der Waals surface area contributed by atoms with E-state index in [0.717, 1.165) is 33.2 Å². The van der Waals surface area contributed by atoms with Crippen molar-refractivity contribution in [3.05, 3.63) is 127 Å². The van der Waals surface area contributed by atoms with Gasteiger partial charge in [-0.15, -0.1) is 11.3 Å². The Morgan fingerprint density at radius 2 is 1.10 bits per heavy atom. The van der Waals surface area contributed by atoms with Crippen LogP contribution in [0.1, 0.15) is 0 Å². The first kappa shape index (κ1) is 21.1. The zero-order chi connectivity index (χ0) is 25.5. The van der Waals surface area contributed by atoms with Gasteiger partial charge in [-0.25, -0.2) is 0 Å². The van der Waals surface area contributed by atoms with E-state index >= 15 is 0 Å². The highest BCUT2D eigenvalue weighted by molar-refractivity contribution is 7.25. The minimum Gasteiger partial charge on any atom is -0.454 e. The van der Waals surface area contributed by atoms with E-state index < -0.39 is 0 Å². The van der Waals surface area contributed by atoms with Gasteiger partial charge in [-0.2, -0.15) is 0 Å². The van der Waals surface area contributed by atoms with Gasteiger partial charge in [0.05, 0.1) is 16.7 Å². The molecule has 0 aliphatic heterocycles.